The van der Waals surface area contributed by atoms with E-state index in [0.29, 0.717) is 11.5 Å². The number of esters is 1. The molecular formula is C12H15BrO4. The van der Waals surface area contributed by atoms with E-state index in [2.05, 4.69) is 20.7 Å². The highest BCUT2D eigenvalue weighted by molar-refractivity contribution is 9.10. The average molecular weight is 303 g/mol. The van der Waals surface area contributed by atoms with Gasteiger partial charge in [0.15, 0.2) is 11.5 Å². The van der Waals surface area contributed by atoms with Crippen LogP contribution < -0.4 is 9.47 Å². The Morgan fingerprint density at radius 2 is 2.06 bits per heavy atom. The highest BCUT2D eigenvalue weighted by Crippen LogP contribution is 2.28. The van der Waals surface area contributed by atoms with Crippen molar-refractivity contribution < 1.29 is 19.0 Å². The maximum atomic E-state index is 11.2. The van der Waals surface area contributed by atoms with Crippen LogP contribution >= 0.6 is 15.9 Å². The van der Waals surface area contributed by atoms with Gasteiger partial charge in [0.2, 0.25) is 0 Å². The lowest BCUT2D eigenvalue weighted by molar-refractivity contribution is -0.140. The van der Waals surface area contributed by atoms with Crippen LogP contribution in [0.1, 0.15) is 5.56 Å². The van der Waals surface area contributed by atoms with Crippen molar-refractivity contribution in [1.29, 1.82) is 0 Å². The molecule has 1 rings (SSSR count). The highest BCUT2D eigenvalue weighted by Gasteiger charge is 2.16. The molecule has 5 heteroatoms. The molecule has 94 valence electrons. The van der Waals surface area contributed by atoms with Crippen molar-refractivity contribution in [2.24, 2.45) is 0 Å². The van der Waals surface area contributed by atoms with Gasteiger partial charge in [0, 0.05) is 0 Å². The van der Waals surface area contributed by atoms with Crippen LogP contribution in [0.2, 0.25) is 0 Å². The van der Waals surface area contributed by atoms with Gasteiger partial charge in [-0.1, -0.05) is 22.0 Å². The zero-order chi connectivity index (χ0) is 12.8. The molecular weight excluding hydrogens is 288 g/mol. The van der Waals surface area contributed by atoms with E-state index in [1.54, 1.807) is 7.11 Å². The van der Waals surface area contributed by atoms with Gasteiger partial charge in [-0.2, -0.15) is 0 Å². The smallest absolute Gasteiger partial charge is 0.322 e. The number of halogens is 1. The Morgan fingerprint density at radius 1 is 1.35 bits per heavy atom. The summed E-state index contributed by atoms with van der Waals surface area (Å²) in [6, 6.07) is 5.60. The van der Waals surface area contributed by atoms with Crippen LogP contribution in [-0.4, -0.2) is 31.6 Å². The monoisotopic (exact) mass is 302 g/mol. The third-order valence-electron chi connectivity index (χ3n) is 2.16. The standard InChI is InChI=1S/C12H15BrO4/c1-8-4-5-10(11(6-8)15-2)17-7-9(13)12(14)16-3/h4-6,9H,7H2,1-3H3. The molecule has 0 spiro atoms. The molecule has 1 unspecified atom stereocenters. The van der Waals surface area contributed by atoms with Crippen molar-refractivity contribution in [2.45, 2.75) is 11.8 Å². The first-order valence-corrected chi connectivity index (χ1v) is 5.99. The van der Waals surface area contributed by atoms with E-state index >= 15 is 0 Å². The molecule has 0 amide bonds. The number of alkyl halides is 1. The van der Waals surface area contributed by atoms with Crippen molar-refractivity contribution in [2.75, 3.05) is 20.8 Å². The van der Waals surface area contributed by atoms with Gasteiger partial charge in [-0.25, -0.2) is 0 Å². The molecule has 0 aromatic heterocycles. The molecule has 0 radical (unpaired) electrons. The summed E-state index contributed by atoms with van der Waals surface area (Å²) in [6.45, 7) is 2.15. The molecule has 17 heavy (non-hydrogen) atoms. The van der Waals surface area contributed by atoms with Crippen LogP contribution in [0.15, 0.2) is 18.2 Å². The second-order valence-corrected chi connectivity index (χ2v) is 4.56. The van der Waals surface area contributed by atoms with E-state index in [4.69, 9.17) is 9.47 Å². The maximum Gasteiger partial charge on any atom is 0.322 e. The number of rotatable bonds is 5. The molecule has 0 saturated heterocycles. The van der Waals surface area contributed by atoms with Crippen molar-refractivity contribution >= 4 is 21.9 Å². The minimum Gasteiger partial charge on any atom is -0.493 e. The number of carbonyl (C=O) groups is 1. The number of aryl methyl sites for hydroxylation is 1. The van der Waals surface area contributed by atoms with E-state index < -0.39 is 4.83 Å². The first-order chi connectivity index (χ1) is 8.08. The maximum absolute atomic E-state index is 11.2. The molecule has 1 aromatic carbocycles. The van der Waals surface area contributed by atoms with Crippen LogP contribution in [0.25, 0.3) is 0 Å². The van der Waals surface area contributed by atoms with Crippen molar-refractivity contribution in [3.63, 3.8) is 0 Å². The predicted octanol–water partition coefficient (Wildman–Crippen LogP) is 2.32. The van der Waals surface area contributed by atoms with Gasteiger partial charge < -0.3 is 14.2 Å². The van der Waals surface area contributed by atoms with Crippen molar-refractivity contribution in [1.82, 2.24) is 0 Å². The van der Waals surface area contributed by atoms with Crippen LogP contribution in [0.3, 0.4) is 0 Å². The zero-order valence-electron chi connectivity index (χ0n) is 10.0. The van der Waals surface area contributed by atoms with Crippen LogP contribution in [0.5, 0.6) is 11.5 Å². The summed E-state index contributed by atoms with van der Waals surface area (Å²) in [7, 11) is 2.91. The fourth-order valence-corrected chi connectivity index (χ4v) is 1.57. The van der Waals surface area contributed by atoms with Gasteiger partial charge in [-0.3, -0.25) is 4.79 Å². The van der Waals surface area contributed by atoms with E-state index in [1.807, 2.05) is 25.1 Å². The first-order valence-electron chi connectivity index (χ1n) is 5.07. The molecule has 1 atom stereocenters. The number of hydrogen-bond acceptors (Lipinski definition) is 4. The molecule has 0 aliphatic carbocycles. The molecule has 0 bridgehead atoms. The molecule has 0 saturated carbocycles. The average Bonchev–Trinajstić information content (AvgIpc) is 2.35. The Balaban J connectivity index is 2.66. The number of carbonyl (C=O) groups excluding carboxylic acids is 1. The predicted molar refractivity (Wildman–Crippen MR) is 68.0 cm³/mol. The van der Waals surface area contributed by atoms with Gasteiger partial charge in [-0.05, 0) is 24.6 Å². The summed E-state index contributed by atoms with van der Waals surface area (Å²) in [4.78, 5) is 10.7. The van der Waals surface area contributed by atoms with Crippen molar-refractivity contribution in [3.8, 4) is 11.5 Å². The number of hydrogen-bond donors (Lipinski definition) is 0. The van der Waals surface area contributed by atoms with Gasteiger partial charge in [0.25, 0.3) is 0 Å². The molecule has 4 nitrogen and oxygen atoms in total. The Morgan fingerprint density at radius 3 is 2.65 bits per heavy atom. The van der Waals surface area contributed by atoms with Gasteiger partial charge in [-0.15, -0.1) is 0 Å². The van der Waals surface area contributed by atoms with E-state index in [1.165, 1.54) is 7.11 Å². The summed E-state index contributed by atoms with van der Waals surface area (Å²) in [5.74, 6) is 0.886. The molecule has 0 aliphatic rings. The normalized spacial score (nSPS) is 11.8. The lowest BCUT2D eigenvalue weighted by atomic mass is 10.2. The first kappa shape index (κ1) is 13.8. The Labute approximate surface area is 109 Å². The molecule has 0 fully saturated rings. The van der Waals surface area contributed by atoms with E-state index in [0.717, 1.165) is 5.56 Å². The second-order valence-electron chi connectivity index (χ2n) is 3.46. The fraction of sp³-hybridized carbons (Fsp3) is 0.417. The number of benzene rings is 1. The Kier molecular flexibility index (Phi) is 5.28. The molecule has 0 N–H and O–H groups in total. The Bertz CT molecular complexity index is 392. The minimum atomic E-state index is -0.487. The van der Waals surface area contributed by atoms with Gasteiger partial charge in [0.05, 0.1) is 14.2 Å². The highest BCUT2D eigenvalue weighted by atomic mass is 79.9. The fourth-order valence-electron chi connectivity index (χ4n) is 1.25. The van der Waals surface area contributed by atoms with Crippen LogP contribution in [0, 0.1) is 6.92 Å². The quantitative estimate of drug-likeness (QED) is 0.618. The van der Waals surface area contributed by atoms with Crippen LogP contribution in [-0.2, 0) is 9.53 Å². The van der Waals surface area contributed by atoms with E-state index in [-0.39, 0.29) is 12.6 Å². The summed E-state index contributed by atoms with van der Waals surface area (Å²) < 4.78 is 15.3. The van der Waals surface area contributed by atoms with Gasteiger partial charge in [0.1, 0.15) is 11.4 Å². The lowest BCUT2D eigenvalue weighted by Gasteiger charge is -2.13. The topological polar surface area (TPSA) is 44.8 Å². The van der Waals surface area contributed by atoms with Crippen LogP contribution in [0.4, 0.5) is 0 Å². The summed E-state index contributed by atoms with van der Waals surface area (Å²) in [5, 5.41) is 0. The van der Waals surface area contributed by atoms with E-state index in [9.17, 15) is 4.79 Å². The Hall–Kier alpha value is -1.23. The van der Waals surface area contributed by atoms with Gasteiger partial charge >= 0.3 is 5.97 Å². The molecule has 0 heterocycles. The third-order valence-corrected chi connectivity index (χ3v) is 2.80. The molecule has 0 aliphatic heterocycles. The lowest BCUT2D eigenvalue weighted by Crippen LogP contribution is -2.23. The zero-order valence-corrected chi connectivity index (χ0v) is 11.6. The third kappa shape index (κ3) is 3.93. The summed E-state index contributed by atoms with van der Waals surface area (Å²) in [5.41, 5.74) is 1.08. The SMILES string of the molecule is COC(=O)C(Br)COc1ccc(C)cc1OC. The molecule has 1 aromatic rings. The largest absolute Gasteiger partial charge is 0.493 e. The number of ether oxygens (including phenoxy) is 3. The van der Waals surface area contributed by atoms with Crippen molar-refractivity contribution in [3.05, 3.63) is 23.8 Å². The second kappa shape index (κ2) is 6.49. The minimum absolute atomic E-state index is 0.187. The number of methoxy groups -OCH3 is 2. The summed E-state index contributed by atoms with van der Waals surface area (Å²) in [6.07, 6.45) is 0. The summed E-state index contributed by atoms with van der Waals surface area (Å²) >= 11 is 3.18.